The van der Waals surface area contributed by atoms with Crippen LogP contribution in [0.15, 0.2) is 54.6 Å². The number of alkyl halides is 3. The predicted molar refractivity (Wildman–Crippen MR) is 98.5 cm³/mol. The summed E-state index contributed by atoms with van der Waals surface area (Å²) in [6.07, 6.45) is -4.02. The van der Waals surface area contributed by atoms with E-state index in [0.717, 1.165) is 18.6 Å². The van der Waals surface area contributed by atoms with Crippen LogP contribution in [0.3, 0.4) is 0 Å². The third kappa shape index (κ3) is 4.89. The second-order valence-corrected chi connectivity index (χ2v) is 6.97. The quantitative estimate of drug-likeness (QED) is 0.789. The molecule has 0 radical (unpaired) electrons. The molecule has 0 saturated carbocycles. The SMILES string of the molecule is CC(CCN(C)C(=O)c1ccc(C(C)(O)C(F)(F)F)cc1)c1ccccc1. The molecule has 0 fully saturated rings. The van der Waals surface area contributed by atoms with Crippen LogP contribution in [0.2, 0.25) is 0 Å². The number of carbonyl (C=O) groups excluding carboxylic acids is 1. The van der Waals surface area contributed by atoms with Crippen molar-refractivity contribution in [2.24, 2.45) is 0 Å². The molecule has 146 valence electrons. The van der Waals surface area contributed by atoms with Crippen molar-refractivity contribution < 1.29 is 23.1 Å². The molecule has 3 nitrogen and oxygen atoms in total. The number of hydrogen-bond donors (Lipinski definition) is 1. The summed E-state index contributed by atoms with van der Waals surface area (Å²) in [4.78, 5) is 14.0. The topological polar surface area (TPSA) is 40.5 Å². The molecule has 27 heavy (non-hydrogen) atoms. The van der Waals surface area contributed by atoms with Gasteiger partial charge in [0, 0.05) is 19.2 Å². The van der Waals surface area contributed by atoms with Gasteiger partial charge >= 0.3 is 6.18 Å². The maximum absolute atomic E-state index is 12.9. The Morgan fingerprint density at radius 1 is 1.07 bits per heavy atom. The van der Waals surface area contributed by atoms with Crippen molar-refractivity contribution in [3.8, 4) is 0 Å². The second kappa shape index (κ2) is 8.13. The average Bonchev–Trinajstić information content (AvgIpc) is 2.65. The number of benzene rings is 2. The van der Waals surface area contributed by atoms with Gasteiger partial charge < -0.3 is 10.0 Å². The first-order valence-corrected chi connectivity index (χ1v) is 8.74. The van der Waals surface area contributed by atoms with Gasteiger partial charge in [-0.3, -0.25) is 4.79 Å². The second-order valence-electron chi connectivity index (χ2n) is 6.97. The van der Waals surface area contributed by atoms with Gasteiger partial charge in [-0.2, -0.15) is 13.2 Å². The highest BCUT2D eigenvalue weighted by atomic mass is 19.4. The van der Waals surface area contributed by atoms with Gasteiger partial charge in [-0.25, -0.2) is 0 Å². The predicted octanol–water partition coefficient (Wildman–Crippen LogP) is 4.72. The molecule has 0 aliphatic rings. The standard InChI is InChI=1S/C21H24F3NO2/c1-15(16-7-5-4-6-8-16)13-14-25(3)19(26)17-9-11-18(12-10-17)20(2,27)21(22,23)24/h4-12,15,27H,13-14H2,1-3H3. The van der Waals surface area contributed by atoms with Crippen LogP contribution >= 0.6 is 0 Å². The van der Waals surface area contributed by atoms with Crippen LogP contribution in [0.1, 0.15) is 47.7 Å². The van der Waals surface area contributed by atoms with Crippen molar-refractivity contribution in [1.29, 1.82) is 0 Å². The van der Waals surface area contributed by atoms with Gasteiger partial charge in [0.2, 0.25) is 0 Å². The minimum absolute atomic E-state index is 0.270. The van der Waals surface area contributed by atoms with E-state index in [0.29, 0.717) is 13.5 Å². The molecular formula is C21H24F3NO2. The Morgan fingerprint density at radius 2 is 1.63 bits per heavy atom. The van der Waals surface area contributed by atoms with Gasteiger partial charge in [-0.15, -0.1) is 0 Å². The van der Waals surface area contributed by atoms with Gasteiger partial charge in [-0.05, 0) is 42.5 Å². The Labute approximate surface area is 157 Å². The number of amides is 1. The zero-order valence-corrected chi connectivity index (χ0v) is 15.6. The van der Waals surface area contributed by atoms with E-state index in [1.807, 2.05) is 30.3 Å². The monoisotopic (exact) mass is 379 g/mol. The lowest BCUT2D eigenvalue weighted by atomic mass is 9.94. The van der Waals surface area contributed by atoms with Crippen LogP contribution in [0.25, 0.3) is 0 Å². The molecule has 1 amide bonds. The number of nitrogens with zero attached hydrogens (tertiary/aromatic N) is 1. The lowest BCUT2D eigenvalue weighted by Crippen LogP contribution is -2.39. The van der Waals surface area contributed by atoms with E-state index in [1.54, 1.807) is 11.9 Å². The average molecular weight is 379 g/mol. The molecule has 0 aliphatic heterocycles. The molecule has 2 atom stereocenters. The molecule has 0 aromatic heterocycles. The van der Waals surface area contributed by atoms with Gasteiger partial charge in [0.05, 0.1) is 0 Å². The fourth-order valence-corrected chi connectivity index (χ4v) is 2.76. The van der Waals surface area contributed by atoms with Crippen molar-refractivity contribution in [3.05, 3.63) is 71.3 Å². The van der Waals surface area contributed by atoms with Crippen LogP contribution in [0.4, 0.5) is 13.2 Å². The maximum atomic E-state index is 12.9. The largest absolute Gasteiger partial charge is 0.421 e. The number of aliphatic hydroxyl groups is 1. The van der Waals surface area contributed by atoms with Crippen LogP contribution in [0, 0.1) is 0 Å². The van der Waals surface area contributed by atoms with Crippen LogP contribution in [-0.4, -0.2) is 35.7 Å². The molecule has 2 unspecified atom stereocenters. The van der Waals surface area contributed by atoms with Crippen LogP contribution < -0.4 is 0 Å². The first-order valence-electron chi connectivity index (χ1n) is 8.74. The summed E-state index contributed by atoms with van der Waals surface area (Å²) in [5.74, 6) is 0.0131. The van der Waals surface area contributed by atoms with E-state index >= 15 is 0 Å². The van der Waals surface area contributed by atoms with Gasteiger partial charge in [0.15, 0.2) is 5.60 Å². The molecule has 0 spiro atoms. The van der Waals surface area contributed by atoms with Crippen LogP contribution in [0.5, 0.6) is 0 Å². The summed E-state index contributed by atoms with van der Waals surface area (Å²) in [5, 5.41) is 9.69. The Bertz CT molecular complexity index is 755. The molecule has 0 bridgehead atoms. The number of carbonyl (C=O) groups is 1. The van der Waals surface area contributed by atoms with E-state index in [4.69, 9.17) is 0 Å². The van der Waals surface area contributed by atoms with Crippen molar-refractivity contribution in [2.45, 2.75) is 38.0 Å². The lowest BCUT2D eigenvalue weighted by Gasteiger charge is -2.27. The smallest absolute Gasteiger partial charge is 0.376 e. The van der Waals surface area contributed by atoms with Gasteiger partial charge in [0.1, 0.15) is 0 Å². The Kier molecular flexibility index (Phi) is 6.31. The first kappa shape index (κ1) is 21.0. The molecule has 2 rings (SSSR count). The highest BCUT2D eigenvalue weighted by Gasteiger charge is 2.51. The fraction of sp³-hybridized carbons (Fsp3) is 0.381. The summed E-state index contributed by atoms with van der Waals surface area (Å²) in [5.41, 5.74) is -1.78. The van der Waals surface area contributed by atoms with E-state index in [9.17, 15) is 23.1 Å². The normalized spacial score (nSPS) is 15.1. The van der Waals surface area contributed by atoms with Crippen molar-refractivity contribution in [3.63, 3.8) is 0 Å². The molecule has 0 heterocycles. The number of rotatable bonds is 6. The van der Waals surface area contributed by atoms with E-state index < -0.39 is 11.8 Å². The number of halogens is 3. The molecule has 0 saturated heterocycles. The molecule has 1 N–H and O–H groups in total. The summed E-state index contributed by atoms with van der Waals surface area (Å²) in [7, 11) is 1.67. The zero-order chi connectivity index (χ0) is 20.2. The van der Waals surface area contributed by atoms with Crippen molar-refractivity contribution in [1.82, 2.24) is 4.90 Å². The first-order chi connectivity index (χ1) is 12.5. The highest BCUT2D eigenvalue weighted by molar-refractivity contribution is 5.94. The van der Waals surface area contributed by atoms with E-state index in [-0.39, 0.29) is 23.0 Å². The molecule has 0 aliphatic carbocycles. The van der Waals surface area contributed by atoms with E-state index in [2.05, 4.69) is 6.92 Å². The Balaban J connectivity index is 2.00. The summed E-state index contributed by atoms with van der Waals surface area (Å²) in [6.45, 7) is 3.31. The van der Waals surface area contributed by atoms with E-state index in [1.165, 1.54) is 17.7 Å². The van der Waals surface area contributed by atoms with Crippen molar-refractivity contribution >= 4 is 5.91 Å². The minimum atomic E-state index is -4.79. The summed E-state index contributed by atoms with van der Waals surface area (Å²) < 4.78 is 38.7. The fourth-order valence-electron chi connectivity index (χ4n) is 2.76. The lowest BCUT2D eigenvalue weighted by molar-refractivity contribution is -0.258. The van der Waals surface area contributed by atoms with Gasteiger partial charge in [-0.1, -0.05) is 49.4 Å². The molecule has 6 heteroatoms. The van der Waals surface area contributed by atoms with Crippen LogP contribution in [-0.2, 0) is 5.60 Å². The third-order valence-electron chi connectivity index (χ3n) is 4.86. The number of hydrogen-bond acceptors (Lipinski definition) is 2. The third-order valence-corrected chi connectivity index (χ3v) is 4.86. The Hall–Kier alpha value is -2.34. The summed E-state index contributed by atoms with van der Waals surface area (Å²) in [6, 6.07) is 14.9. The zero-order valence-electron chi connectivity index (χ0n) is 15.6. The minimum Gasteiger partial charge on any atom is -0.376 e. The van der Waals surface area contributed by atoms with Crippen molar-refractivity contribution in [2.75, 3.05) is 13.6 Å². The molecule has 2 aromatic rings. The maximum Gasteiger partial charge on any atom is 0.421 e. The van der Waals surface area contributed by atoms with Gasteiger partial charge in [0.25, 0.3) is 5.91 Å². The highest BCUT2D eigenvalue weighted by Crippen LogP contribution is 2.38. The Morgan fingerprint density at radius 3 is 2.15 bits per heavy atom. The summed E-state index contributed by atoms with van der Waals surface area (Å²) >= 11 is 0. The molecular weight excluding hydrogens is 355 g/mol. The molecule has 2 aromatic carbocycles.